The lowest BCUT2D eigenvalue weighted by Crippen LogP contribution is -2.29. The number of carbonyl (C=O) groups excluding carboxylic acids is 1. The molecule has 156 valence electrons. The molecule has 1 fully saturated rings. The number of carbonyl (C=O) groups is 1. The second-order valence-corrected chi connectivity index (χ2v) is 8.56. The zero-order chi connectivity index (χ0) is 21.1. The molecule has 3 aromatic rings. The quantitative estimate of drug-likeness (QED) is 0.480. The highest BCUT2D eigenvalue weighted by Crippen LogP contribution is 2.22. The first-order valence-electron chi connectivity index (χ1n) is 10.1. The molecule has 1 saturated heterocycles. The van der Waals surface area contributed by atoms with Crippen LogP contribution in [0.4, 0.5) is 5.69 Å². The van der Waals surface area contributed by atoms with E-state index in [2.05, 4.69) is 10.3 Å². The third kappa shape index (κ3) is 4.57. The summed E-state index contributed by atoms with van der Waals surface area (Å²) in [5, 5.41) is 4.10. The maximum Gasteiger partial charge on any atom is 0.262 e. The Hall–Kier alpha value is -2.64. The van der Waals surface area contributed by atoms with Gasteiger partial charge in [0, 0.05) is 12.3 Å². The van der Waals surface area contributed by atoms with E-state index in [0.717, 1.165) is 36.3 Å². The summed E-state index contributed by atoms with van der Waals surface area (Å²) in [5.41, 5.74) is 3.46. The number of ether oxygens (including phenoxy) is 1. The van der Waals surface area contributed by atoms with Crippen LogP contribution >= 0.6 is 11.8 Å². The Balaban J connectivity index is 1.56. The normalized spacial score (nSPS) is 16.1. The first-order valence-corrected chi connectivity index (χ1v) is 11.1. The predicted molar refractivity (Wildman–Crippen MR) is 120 cm³/mol. The fraction of sp³-hybridized carbons (Fsp3) is 0.348. The second-order valence-electron chi connectivity index (χ2n) is 7.62. The smallest absolute Gasteiger partial charge is 0.262 e. The van der Waals surface area contributed by atoms with Crippen LogP contribution in [0.15, 0.2) is 52.4 Å². The van der Waals surface area contributed by atoms with Crippen LogP contribution in [0.1, 0.15) is 24.0 Å². The minimum absolute atomic E-state index is 0.00813. The number of benzene rings is 2. The largest absolute Gasteiger partial charge is 0.376 e. The third-order valence-corrected chi connectivity index (χ3v) is 6.21. The molecule has 0 bridgehead atoms. The van der Waals surface area contributed by atoms with Gasteiger partial charge in [0.2, 0.25) is 5.91 Å². The topological polar surface area (TPSA) is 73.2 Å². The van der Waals surface area contributed by atoms with E-state index >= 15 is 0 Å². The van der Waals surface area contributed by atoms with Crippen molar-refractivity contribution in [1.29, 1.82) is 0 Å². The first-order chi connectivity index (χ1) is 14.5. The maximum absolute atomic E-state index is 13.1. The van der Waals surface area contributed by atoms with Gasteiger partial charge in [-0.3, -0.25) is 14.2 Å². The minimum Gasteiger partial charge on any atom is -0.376 e. The van der Waals surface area contributed by atoms with Gasteiger partial charge >= 0.3 is 0 Å². The molecule has 1 aliphatic rings. The SMILES string of the molecule is Cc1ccc(C)c(NC(=O)CSc2nc3ccccc3c(=O)n2CC2CCCO2)c1. The Morgan fingerprint density at radius 3 is 2.90 bits per heavy atom. The number of para-hydroxylation sites is 1. The van der Waals surface area contributed by atoms with Crippen molar-refractivity contribution in [1.82, 2.24) is 9.55 Å². The van der Waals surface area contributed by atoms with Gasteiger partial charge in [-0.25, -0.2) is 4.98 Å². The number of amides is 1. The van der Waals surface area contributed by atoms with E-state index in [1.54, 1.807) is 10.6 Å². The van der Waals surface area contributed by atoms with Crippen molar-refractivity contribution in [3.63, 3.8) is 0 Å². The molecule has 1 N–H and O–H groups in total. The molecule has 1 unspecified atom stereocenters. The second kappa shape index (κ2) is 9.02. The van der Waals surface area contributed by atoms with Crippen LogP contribution in [0.25, 0.3) is 10.9 Å². The lowest BCUT2D eigenvalue weighted by atomic mass is 10.1. The van der Waals surface area contributed by atoms with Crippen LogP contribution < -0.4 is 10.9 Å². The number of nitrogens with zero attached hydrogens (tertiary/aromatic N) is 2. The standard InChI is InChI=1S/C23H25N3O3S/c1-15-9-10-16(2)20(12-15)24-21(27)14-30-23-25-19-8-4-3-7-18(19)22(28)26(23)13-17-6-5-11-29-17/h3-4,7-10,12,17H,5-6,11,13-14H2,1-2H3,(H,24,27). The number of aromatic nitrogens is 2. The lowest BCUT2D eigenvalue weighted by molar-refractivity contribution is -0.113. The molecule has 30 heavy (non-hydrogen) atoms. The molecule has 1 aliphatic heterocycles. The molecule has 1 amide bonds. The summed E-state index contributed by atoms with van der Waals surface area (Å²) < 4.78 is 7.39. The lowest BCUT2D eigenvalue weighted by Gasteiger charge is -2.16. The average Bonchev–Trinajstić information content (AvgIpc) is 3.25. The van der Waals surface area contributed by atoms with Gasteiger partial charge < -0.3 is 10.1 Å². The van der Waals surface area contributed by atoms with Crippen LogP contribution in [0.3, 0.4) is 0 Å². The van der Waals surface area contributed by atoms with Gasteiger partial charge in [0.15, 0.2) is 5.16 Å². The summed E-state index contributed by atoms with van der Waals surface area (Å²) in [6.45, 7) is 5.14. The Bertz CT molecular complexity index is 1140. The van der Waals surface area contributed by atoms with Crippen LogP contribution in [-0.4, -0.2) is 33.9 Å². The molecule has 0 radical (unpaired) electrons. The zero-order valence-corrected chi connectivity index (χ0v) is 18.0. The van der Waals surface area contributed by atoms with E-state index in [1.807, 2.05) is 50.2 Å². The maximum atomic E-state index is 13.1. The van der Waals surface area contributed by atoms with E-state index in [-0.39, 0.29) is 23.3 Å². The number of nitrogens with one attached hydrogen (secondary N) is 1. The highest BCUT2D eigenvalue weighted by atomic mass is 32.2. The van der Waals surface area contributed by atoms with Crippen molar-refractivity contribution >= 4 is 34.3 Å². The molecular weight excluding hydrogens is 398 g/mol. The predicted octanol–water partition coefficient (Wildman–Crippen LogP) is 3.92. The van der Waals surface area contributed by atoms with Crippen molar-refractivity contribution in [3.05, 3.63) is 63.9 Å². The summed E-state index contributed by atoms with van der Waals surface area (Å²) in [6.07, 6.45) is 1.94. The molecule has 7 heteroatoms. The number of aryl methyl sites for hydroxylation is 2. The van der Waals surface area contributed by atoms with E-state index < -0.39 is 0 Å². The van der Waals surface area contributed by atoms with E-state index in [1.165, 1.54) is 11.8 Å². The van der Waals surface area contributed by atoms with Crippen molar-refractivity contribution in [2.24, 2.45) is 0 Å². The Labute approximate surface area is 179 Å². The van der Waals surface area contributed by atoms with Crippen molar-refractivity contribution in [2.45, 2.75) is 44.5 Å². The molecule has 1 atom stereocenters. The molecule has 0 saturated carbocycles. The van der Waals surface area contributed by atoms with Crippen LogP contribution in [0.2, 0.25) is 0 Å². The number of thioether (sulfide) groups is 1. The number of hydrogen-bond acceptors (Lipinski definition) is 5. The van der Waals surface area contributed by atoms with Crippen molar-refractivity contribution in [3.8, 4) is 0 Å². The van der Waals surface area contributed by atoms with Gasteiger partial charge in [-0.1, -0.05) is 36.0 Å². The number of hydrogen-bond donors (Lipinski definition) is 1. The van der Waals surface area contributed by atoms with Crippen LogP contribution in [0.5, 0.6) is 0 Å². The van der Waals surface area contributed by atoms with Gasteiger partial charge in [0.1, 0.15) is 0 Å². The van der Waals surface area contributed by atoms with Gasteiger partial charge in [0.05, 0.1) is 29.3 Å². The van der Waals surface area contributed by atoms with E-state index in [4.69, 9.17) is 4.74 Å². The van der Waals surface area contributed by atoms with Crippen molar-refractivity contribution < 1.29 is 9.53 Å². The summed E-state index contributed by atoms with van der Waals surface area (Å²) >= 11 is 1.28. The van der Waals surface area contributed by atoms with Crippen LogP contribution in [0, 0.1) is 13.8 Å². The van der Waals surface area contributed by atoms with E-state index in [9.17, 15) is 9.59 Å². The van der Waals surface area contributed by atoms with Crippen molar-refractivity contribution in [2.75, 3.05) is 17.7 Å². The minimum atomic E-state index is -0.125. The molecule has 2 aromatic carbocycles. The molecule has 2 heterocycles. The molecular formula is C23H25N3O3S. The summed E-state index contributed by atoms with van der Waals surface area (Å²) in [4.78, 5) is 30.4. The summed E-state index contributed by atoms with van der Waals surface area (Å²) in [7, 11) is 0. The Morgan fingerprint density at radius 1 is 1.27 bits per heavy atom. The third-order valence-electron chi connectivity index (χ3n) is 5.24. The monoisotopic (exact) mass is 423 g/mol. The summed E-state index contributed by atoms with van der Waals surface area (Å²) in [6, 6.07) is 13.3. The highest BCUT2D eigenvalue weighted by molar-refractivity contribution is 7.99. The zero-order valence-electron chi connectivity index (χ0n) is 17.2. The molecule has 0 aliphatic carbocycles. The molecule has 6 nitrogen and oxygen atoms in total. The average molecular weight is 424 g/mol. The number of anilines is 1. The highest BCUT2D eigenvalue weighted by Gasteiger charge is 2.20. The number of rotatable bonds is 6. The van der Waals surface area contributed by atoms with Crippen LogP contribution in [-0.2, 0) is 16.1 Å². The summed E-state index contributed by atoms with van der Waals surface area (Å²) in [5.74, 6) is 0.0451. The molecule has 0 spiro atoms. The first kappa shape index (κ1) is 20.6. The fourth-order valence-electron chi connectivity index (χ4n) is 3.60. The van der Waals surface area contributed by atoms with Gasteiger partial charge in [-0.2, -0.15) is 0 Å². The Morgan fingerprint density at radius 2 is 2.10 bits per heavy atom. The Kier molecular flexibility index (Phi) is 6.20. The van der Waals surface area contributed by atoms with Gasteiger partial charge in [-0.05, 0) is 56.0 Å². The fourth-order valence-corrected chi connectivity index (χ4v) is 4.41. The van der Waals surface area contributed by atoms with E-state index in [0.29, 0.717) is 22.6 Å². The molecule has 4 rings (SSSR count). The molecule has 1 aromatic heterocycles. The van der Waals surface area contributed by atoms with Gasteiger partial charge in [-0.15, -0.1) is 0 Å². The number of fused-ring (bicyclic) bond motifs is 1. The van der Waals surface area contributed by atoms with Gasteiger partial charge in [0.25, 0.3) is 5.56 Å².